The summed E-state index contributed by atoms with van der Waals surface area (Å²) in [6.07, 6.45) is 0. The van der Waals surface area contributed by atoms with E-state index in [0.717, 1.165) is 0 Å². The van der Waals surface area contributed by atoms with Gasteiger partial charge >= 0.3 is 23.8 Å². The van der Waals surface area contributed by atoms with Gasteiger partial charge in [0.05, 0.1) is 17.4 Å². The van der Waals surface area contributed by atoms with E-state index in [9.17, 15) is 34.2 Å². The number of nitrogens with zero attached hydrogens (tertiary/aromatic N) is 2. The largest absolute Gasteiger partial charge is 0.474 e. The first-order valence-electron chi connectivity index (χ1n) is 9.82. The van der Waals surface area contributed by atoms with Crippen LogP contribution in [0.2, 0.25) is 0 Å². The number of fused-ring (bicyclic) bond motifs is 1. The minimum atomic E-state index is -1.91. The lowest BCUT2D eigenvalue weighted by Crippen LogP contribution is -2.57. The Bertz CT molecular complexity index is 1230. The number of hydrogen-bond acceptors (Lipinski definition) is 6. The maximum Gasteiger partial charge on any atom is 0.396 e. The summed E-state index contributed by atoms with van der Waals surface area (Å²) < 4.78 is 0. The monoisotopic (exact) mass is 451 g/mol. The highest BCUT2D eigenvalue weighted by Crippen LogP contribution is 2.44. The highest BCUT2D eigenvalue weighted by molar-refractivity contribution is 6.40. The first-order chi connectivity index (χ1) is 15.5. The van der Waals surface area contributed by atoms with Crippen LogP contribution < -0.4 is 10.7 Å². The van der Waals surface area contributed by atoms with Crippen LogP contribution in [0.1, 0.15) is 42.3 Å². The van der Waals surface area contributed by atoms with Gasteiger partial charge in [-0.15, -0.1) is 0 Å². The number of nitrogens with two attached hydrogens (primary N) is 1. The first-order valence-corrected chi connectivity index (χ1v) is 9.82. The summed E-state index contributed by atoms with van der Waals surface area (Å²) >= 11 is 0. The van der Waals surface area contributed by atoms with E-state index in [1.807, 2.05) is 0 Å². The van der Waals surface area contributed by atoms with Crippen molar-refractivity contribution in [1.82, 2.24) is 5.01 Å². The first kappa shape index (κ1) is 23.2. The maximum atomic E-state index is 12.8. The third-order valence-corrected chi connectivity index (χ3v) is 5.51. The molecule has 1 aliphatic heterocycles. The summed E-state index contributed by atoms with van der Waals surface area (Å²) in [4.78, 5) is 61.0. The molecule has 0 saturated heterocycles. The summed E-state index contributed by atoms with van der Waals surface area (Å²) in [5, 5.41) is 19.9. The van der Waals surface area contributed by atoms with E-state index in [-0.39, 0.29) is 28.3 Å². The van der Waals surface area contributed by atoms with E-state index in [4.69, 9.17) is 5.73 Å². The van der Waals surface area contributed by atoms with E-state index in [0.29, 0.717) is 26.7 Å². The van der Waals surface area contributed by atoms with Gasteiger partial charge in [0.2, 0.25) is 0 Å². The Balaban J connectivity index is 2.53. The molecule has 10 heteroatoms. The maximum absolute atomic E-state index is 12.8. The number of carboxylic acids is 2. The van der Waals surface area contributed by atoms with Crippen LogP contribution in [0.5, 0.6) is 0 Å². The van der Waals surface area contributed by atoms with Gasteiger partial charge in [-0.3, -0.25) is 14.4 Å². The molecule has 0 spiro atoms. The van der Waals surface area contributed by atoms with Gasteiger partial charge in [-0.25, -0.2) is 19.6 Å². The molecule has 0 radical (unpaired) electrons. The highest BCUT2D eigenvalue weighted by Gasteiger charge is 2.43. The molecule has 1 atom stereocenters. The molecule has 0 saturated carbocycles. The summed E-state index contributed by atoms with van der Waals surface area (Å²) in [5.41, 5.74) is 7.97. The second kappa shape index (κ2) is 8.58. The second-order valence-electron chi connectivity index (χ2n) is 7.45. The fraction of sp³-hybridized carbons (Fsp3) is 0.174. The van der Waals surface area contributed by atoms with Gasteiger partial charge in [-0.2, -0.15) is 0 Å². The van der Waals surface area contributed by atoms with Gasteiger partial charge in [0.25, 0.3) is 0 Å². The number of amides is 2. The van der Waals surface area contributed by atoms with Gasteiger partial charge in [0.15, 0.2) is 5.78 Å². The van der Waals surface area contributed by atoms with Crippen LogP contribution in [0.15, 0.2) is 48.0 Å². The zero-order chi connectivity index (χ0) is 24.6. The van der Waals surface area contributed by atoms with Gasteiger partial charge in [0, 0.05) is 11.1 Å². The van der Waals surface area contributed by atoms with Crippen LogP contribution >= 0.6 is 0 Å². The van der Waals surface area contributed by atoms with Crippen molar-refractivity contribution in [2.45, 2.75) is 26.8 Å². The smallest absolute Gasteiger partial charge is 0.396 e. The molecule has 1 unspecified atom stereocenters. The Labute approximate surface area is 188 Å². The predicted octanol–water partition coefficient (Wildman–Crippen LogP) is 1.94. The summed E-state index contributed by atoms with van der Waals surface area (Å²) in [5.74, 6) is -7.23. The van der Waals surface area contributed by atoms with Crippen LogP contribution in [0, 0.1) is 0 Å². The molecule has 1 heterocycles. The van der Waals surface area contributed by atoms with Crippen molar-refractivity contribution in [3.8, 4) is 0 Å². The van der Waals surface area contributed by atoms with Crippen molar-refractivity contribution in [2.24, 2.45) is 0 Å². The van der Waals surface area contributed by atoms with E-state index in [1.54, 1.807) is 37.3 Å². The number of carbonyl (C=O) groups is 5. The van der Waals surface area contributed by atoms with Crippen LogP contribution in [0.25, 0.3) is 5.57 Å². The lowest BCUT2D eigenvalue weighted by atomic mass is 9.87. The molecule has 0 fully saturated rings. The molecule has 1 aliphatic rings. The average molecular weight is 451 g/mol. The summed E-state index contributed by atoms with van der Waals surface area (Å²) in [6, 6.07) is 10.3. The third kappa shape index (κ3) is 3.82. The van der Waals surface area contributed by atoms with Crippen LogP contribution in [-0.2, 0) is 19.2 Å². The predicted molar refractivity (Wildman–Crippen MR) is 118 cm³/mol. The van der Waals surface area contributed by atoms with E-state index < -0.39 is 29.8 Å². The number of hydrazine groups is 1. The number of rotatable bonds is 2. The number of nitrogen functional groups attached to an aromatic ring is 1. The Morgan fingerprint density at radius 1 is 0.909 bits per heavy atom. The molecule has 2 aromatic rings. The topological polar surface area (TPSA) is 158 Å². The zero-order valence-electron chi connectivity index (χ0n) is 18.0. The standard InChI is InChI=1S/C23H21N3O7/c1-11-12(2)25(20(28)22(30)31)26(21(29)23(32)33)16-10-9-15(13(3)27)19(24)18(16)17(11)14-7-5-4-6-8-14/h4-10,12H,24H2,1-3H3,(H,30,31)(H,32,33). The van der Waals surface area contributed by atoms with E-state index in [2.05, 4.69) is 0 Å². The summed E-state index contributed by atoms with van der Waals surface area (Å²) in [6.45, 7) is 4.39. The molecule has 2 amide bonds. The molecule has 0 bridgehead atoms. The minimum absolute atomic E-state index is 0.0294. The van der Waals surface area contributed by atoms with Crippen molar-refractivity contribution in [1.29, 1.82) is 0 Å². The SMILES string of the molecule is CC(=O)c1ccc2c(c1N)C(c1ccccc1)=C(C)C(C)N(C(=O)C(=O)O)N2C(=O)C(=O)O. The lowest BCUT2D eigenvalue weighted by Gasteiger charge is -2.36. The number of benzene rings is 2. The minimum Gasteiger partial charge on any atom is -0.474 e. The van der Waals surface area contributed by atoms with Crippen molar-refractivity contribution < 1.29 is 34.2 Å². The molecule has 170 valence electrons. The normalized spacial score (nSPS) is 15.5. The number of aliphatic carboxylic acids is 2. The van der Waals surface area contributed by atoms with Crippen LogP contribution in [0.3, 0.4) is 0 Å². The molecule has 33 heavy (non-hydrogen) atoms. The van der Waals surface area contributed by atoms with Crippen molar-refractivity contribution in [2.75, 3.05) is 10.7 Å². The Morgan fingerprint density at radius 3 is 2.00 bits per heavy atom. The second-order valence-corrected chi connectivity index (χ2v) is 7.45. The number of anilines is 2. The molecule has 0 aromatic heterocycles. The lowest BCUT2D eigenvalue weighted by molar-refractivity contribution is -0.159. The number of ketones is 1. The highest BCUT2D eigenvalue weighted by atomic mass is 16.4. The third-order valence-electron chi connectivity index (χ3n) is 5.51. The molecule has 10 nitrogen and oxygen atoms in total. The van der Waals surface area contributed by atoms with Gasteiger partial charge in [-0.05, 0) is 49.6 Å². The Morgan fingerprint density at radius 2 is 1.48 bits per heavy atom. The molecule has 2 aromatic carbocycles. The van der Waals surface area contributed by atoms with Crippen LogP contribution in [0.4, 0.5) is 11.4 Å². The summed E-state index contributed by atoms with van der Waals surface area (Å²) in [7, 11) is 0. The van der Waals surface area contributed by atoms with Gasteiger partial charge in [-0.1, -0.05) is 30.3 Å². The van der Waals surface area contributed by atoms with Crippen molar-refractivity contribution in [3.63, 3.8) is 0 Å². The molecule has 4 N–H and O–H groups in total. The van der Waals surface area contributed by atoms with Crippen molar-refractivity contribution >= 4 is 46.5 Å². The van der Waals surface area contributed by atoms with E-state index in [1.165, 1.54) is 26.0 Å². The number of Topliss-reactive ketones (excluding diaryl/α,β-unsaturated/α-hetero) is 1. The number of hydrogen-bond donors (Lipinski definition) is 3. The Hall–Kier alpha value is -4.47. The quantitative estimate of drug-likeness (QED) is 0.355. The number of carboxylic acid groups (broad SMARTS) is 2. The molecule has 0 aliphatic carbocycles. The molecular formula is C23H21N3O7. The van der Waals surface area contributed by atoms with Crippen molar-refractivity contribution in [3.05, 3.63) is 64.7 Å². The fourth-order valence-electron chi connectivity index (χ4n) is 3.87. The number of carbonyl (C=O) groups excluding carboxylic acids is 3. The average Bonchev–Trinajstić information content (AvgIpc) is 2.86. The van der Waals surface area contributed by atoms with Gasteiger partial charge in [0.1, 0.15) is 0 Å². The van der Waals surface area contributed by atoms with Crippen LogP contribution in [-0.4, -0.2) is 50.8 Å². The zero-order valence-corrected chi connectivity index (χ0v) is 18.0. The fourth-order valence-corrected chi connectivity index (χ4v) is 3.87. The molecular weight excluding hydrogens is 430 g/mol. The molecule has 3 rings (SSSR count). The van der Waals surface area contributed by atoms with E-state index >= 15 is 0 Å². The Kier molecular flexibility index (Phi) is 6.03. The van der Waals surface area contributed by atoms with Gasteiger partial charge < -0.3 is 15.9 Å².